The third kappa shape index (κ3) is 3.29. The van der Waals surface area contributed by atoms with Gasteiger partial charge in [-0.15, -0.1) is 11.3 Å². The summed E-state index contributed by atoms with van der Waals surface area (Å²) in [5.74, 6) is -0.231. The van der Waals surface area contributed by atoms with Crippen molar-refractivity contribution in [1.29, 1.82) is 5.26 Å². The van der Waals surface area contributed by atoms with Crippen LogP contribution in [0.2, 0.25) is 0 Å². The molecule has 1 aromatic heterocycles. The van der Waals surface area contributed by atoms with Gasteiger partial charge in [-0.25, -0.2) is 0 Å². The van der Waals surface area contributed by atoms with Crippen LogP contribution in [0.1, 0.15) is 27.7 Å². The number of hydrogen-bond acceptors (Lipinski definition) is 3. The average molecular weight is 414 g/mol. The van der Waals surface area contributed by atoms with Gasteiger partial charge in [-0.05, 0) is 46.6 Å². The van der Waals surface area contributed by atoms with Crippen molar-refractivity contribution in [3.8, 4) is 6.07 Å². The molecule has 102 valence electrons. The fourth-order valence-corrected chi connectivity index (χ4v) is 3.80. The van der Waals surface area contributed by atoms with Crippen molar-refractivity contribution in [1.82, 2.24) is 0 Å². The Morgan fingerprint density at radius 1 is 1.40 bits per heavy atom. The number of carbonyl (C=O) groups excluding carboxylic acids is 1. The predicted molar refractivity (Wildman–Crippen MR) is 88.2 cm³/mol. The molecule has 0 aliphatic carbocycles. The van der Waals surface area contributed by atoms with Crippen LogP contribution in [0.25, 0.3) is 0 Å². The van der Waals surface area contributed by atoms with E-state index >= 15 is 0 Å². The largest absolute Gasteiger partial charge is 0.312 e. The number of nitrogens with one attached hydrogen (secondary N) is 1. The van der Waals surface area contributed by atoms with Gasteiger partial charge in [0.25, 0.3) is 5.91 Å². The number of rotatable bonds is 3. The molecule has 0 atom stereocenters. The van der Waals surface area contributed by atoms with Crippen molar-refractivity contribution >= 4 is 54.1 Å². The van der Waals surface area contributed by atoms with Crippen LogP contribution < -0.4 is 5.32 Å². The standard InChI is InChI=1S/C14H10Br2N2OS/c1-2-10-5-8(7-17)14(20-10)18-13(19)11-4-3-9(15)6-12(11)16/h3-6H,2H2,1H3,(H,18,19). The van der Waals surface area contributed by atoms with Crippen LogP contribution in [0.5, 0.6) is 0 Å². The summed E-state index contributed by atoms with van der Waals surface area (Å²) in [6, 6.07) is 9.26. The molecule has 0 fully saturated rings. The molecule has 0 spiro atoms. The van der Waals surface area contributed by atoms with Gasteiger partial charge in [0.05, 0.1) is 11.1 Å². The highest BCUT2D eigenvalue weighted by Crippen LogP contribution is 2.29. The van der Waals surface area contributed by atoms with Crippen molar-refractivity contribution in [3.05, 3.63) is 49.2 Å². The van der Waals surface area contributed by atoms with E-state index in [1.165, 1.54) is 11.3 Å². The first-order chi connectivity index (χ1) is 9.55. The first kappa shape index (κ1) is 15.2. The van der Waals surface area contributed by atoms with E-state index in [0.717, 1.165) is 15.8 Å². The van der Waals surface area contributed by atoms with E-state index < -0.39 is 0 Å². The van der Waals surface area contributed by atoms with Gasteiger partial charge in [0.1, 0.15) is 11.1 Å². The molecule has 1 N–H and O–H groups in total. The SMILES string of the molecule is CCc1cc(C#N)c(NC(=O)c2ccc(Br)cc2Br)s1. The van der Waals surface area contributed by atoms with E-state index in [-0.39, 0.29) is 5.91 Å². The van der Waals surface area contributed by atoms with Gasteiger partial charge in [0.2, 0.25) is 0 Å². The van der Waals surface area contributed by atoms with Crippen LogP contribution >= 0.6 is 43.2 Å². The molecule has 0 bridgehead atoms. The monoisotopic (exact) mass is 412 g/mol. The minimum absolute atomic E-state index is 0.231. The van der Waals surface area contributed by atoms with Crippen LogP contribution in [0, 0.1) is 11.3 Å². The van der Waals surface area contributed by atoms with Crippen LogP contribution in [-0.4, -0.2) is 5.91 Å². The van der Waals surface area contributed by atoms with E-state index in [1.807, 2.05) is 19.1 Å². The average Bonchev–Trinajstić information content (AvgIpc) is 2.80. The number of carbonyl (C=O) groups is 1. The van der Waals surface area contributed by atoms with Crippen LogP contribution in [-0.2, 0) is 6.42 Å². The van der Waals surface area contributed by atoms with Crippen molar-refractivity contribution in [3.63, 3.8) is 0 Å². The molecule has 0 saturated carbocycles. The highest BCUT2D eigenvalue weighted by Gasteiger charge is 2.15. The first-order valence-electron chi connectivity index (χ1n) is 5.84. The van der Waals surface area contributed by atoms with Crippen LogP contribution in [0.15, 0.2) is 33.2 Å². The molecule has 3 nitrogen and oxygen atoms in total. The summed E-state index contributed by atoms with van der Waals surface area (Å²) in [7, 11) is 0. The maximum atomic E-state index is 12.3. The van der Waals surface area contributed by atoms with Gasteiger partial charge < -0.3 is 5.32 Å². The Morgan fingerprint density at radius 3 is 2.75 bits per heavy atom. The summed E-state index contributed by atoms with van der Waals surface area (Å²) in [5.41, 5.74) is 1.04. The Bertz CT molecular complexity index is 704. The summed E-state index contributed by atoms with van der Waals surface area (Å²) in [4.78, 5) is 13.3. The molecule has 2 aromatic rings. The summed E-state index contributed by atoms with van der Waals surface area (Å²) in [5, 5.41) is 12.5. The Labute approximate surface area is 137 Å². The normalized spacial score (nSPS) is 10.1. The second-order valence-electron chi connectivity index (χ2n) is 4.00. The number of thiophene rings is 1. The smallest absolute Gasteiger partial charge is 0.257 e. The molecule has 0 unspecified atom stereocenters. The van der Waals surface area contributed by atoms with Gasteiger partial charge in [-0.3, -0.25) is 4.79 Å². The summed E-state index contributed by atoms with van der Waals surface area (Å²) < 4.78 is 1.60. The highest BCUT2D eigenvalue weighted by molar-refractivity contribution is 9.11. The Balaban J connectivity index is 2.28. The zero-order valence-electron chi connectivity index (χ0n) is 10.5. The van der Waals surface area contributed by atoms with Crippen molar-refractivity contribution in [2.45, 2.75) is 13.3 Å². The summed E-state index contributed by atoms with van der Waals surface area (Å²) >= 11 is 8.15. The lowest BCUT2D eigenvalue weighted by Gasteiger charge is -2.06. The molecule has 0 aliphatic heterocycles. The van der Waals surface area contributed by atoms with Gasteiger partial charge in [0, 0.05) is 13.8 Å². The Hall–Kier alpha value is -1.16. The summed E-state index contributed by atoms with van der Waals surface area (Å²) in [6.45, 7) is 2.02. The third-order valence-corrected chi connectivity index (χ3v) is 5.00. The van der Waals surface area contributed by atoms with E-state index in [4.69, 9.17) is 5.26 Å². The van der Waals surface area contributed by atoms with Gasteiger partial charge >= 0.3 is 0 Å². The minimum Gasteiger partial charge on any atom is -0.312 e. The lowest BCUT2D eigenvalue weighted by Crippen LogP contribution is -2.12. The van der Waals surface area contributed by atoms with Gasteiger partial charge in [-0.1, -0.05) is 22.9 Å². The number of nitriles is 1. The summed E-state index contributed by atoms with van der Waals surface area (Å²) in [6.07, 6.45) is 0.844. The number of benzene rings is 1. The molecular weight excluding hydrogens is 404 g/mol. The van der Waals surface area contributed by atoms with Gasteiger partial charge in [-0.2, -0.15) is 5.26 Å². The number of amides is 1. The van der Waals surface area contributed by atoms with E-state index in [0.29, 0.717) is 20.6 Å². The van der Waals surface area contributed by atoms with E-state index in [2.05, 4.69) is 43.2 Å². The molecular formula is C14H10Br2N2OS. The quantitative estimate of drug-likeness (QED) is 0.772. The molecule has 0 radical (unpaired) electrons. The number of nitrogens with zero attached hydrogens (tertiary/aromatic N) is 1. The highest BCUT2D eigenvalue weighted by atomic mass is 79.9. The van der Waals surface area contributed by atoms with E-state index in [9.17, 15) is 4.79 Å². The van der Waals surface area contributed by atoms with Crippen LogP contribution in [0.3, 0.4) is 0 Å². The topological polar surface area (TPSA) is 52.9 Å². The fraction of sp³-hybridized carbons (Fsp3) is 0.143. The predicted octanol–water partition coefficient (Wildman–Crippen LogP) is 4.96. The van der Waals surface area contributed by atoms with E-state index in [1.54, 1.807) is 12.1 Å². The molecule has 20 heavy (non-hydrogen) atoms. The number of hydrogen-bond donors (Lipinski definition) is 1. The second-order valence-corrected chi connectivity index (χ2v) is 6.91. The number of halogens is 2. The van der Waals surface area contributed by atoms with Crippen molar-refractivity contribution in [2.24, 2.45) is 0 Å². The van der Waals surface area contributed by atoms with Crippen LogP contribution in [0.4, 0.5) is 5.00 Å². The maximum Gasteiger partial charge on any atom is 0.257 e. The number of aryl methyl sites for hydroxylation is 1. The fourth-order valence-electron chi connectivity index (χ4n) is 1.64. The zero-order chi connectivity index (χ0) is 14.7. The Kier molecular flexibility index (Phi) is 4.97. The Morgan fingerprint density at radius 2 is 2.15 bits per heavy atom. The second kappa shape index (κ2) is 6.53. The molecule has 2 rings (SSSR count). The van der Waals surface area contributed by atoms with Crippen molar-refractivity contribution < 1.29 is 4.79 Å². The molecule has 0 saturated heterocycles. The lowest BCUT2D eigenvalue weighted by atomic mass is 10.2. The first-order valence-corrected chi connectivity index (χ1v) is 8.24. The number of anilines is 1. The molecule has 1 amide bonds. The van der Waals surface area contributed by atoms with Crippen molar-refractivity contribution in [2.75, 3.05) is 5.32 Å². The maximum absolute atomic E-state index is 12.3. The molecule has 0 aliphatic rings. The third-order valence-electron chi connectivity index (χ3n) is 2.65. The zero-order valence-corrected chi connectivity index (χ0v) is 14.5. The molecule has 1 aromatic carbocycles. The van der Waals surface area contributed by atoms with Gasteiger partial charge in [0.15, 0.2) is 0 Å². The molecule has 1 heterocycles. The lowest BCUT2D eigenvalue weighted by molar-refractivity contribution is 0.102. The molecule has 6 heteroatoms. The minimum atomic E-state index is -0.231.